The fraction of sp³-hybridized carbons (Fsp3) is 0.357. The number of hydrazine groups is 1. The number of thiazole rings is 1. The summed E-state index contributed by atoms with van der Waals surface area (Å²) in [6.45, 7) is 4.05. The highest BCUT2D eigenvalue weighted by Gasteiger charge is 2.12. The van der Waals surface area contributed by atoms with Gasteiger partial charge < -0.3 is 9.73 Å². The number of carbonyl (C=O) groups excluding carboxylic acids is 2. The van der Waals surface area contributed by atoms with Crippen molar-refractivity contribution in [1.29, 1.82) is 0 Å². The standard InChI is InChI=1S/C14H18N4O3S/c1-3-13-16-10(8-22-13)9(2)15-7-12(19)17-18-14(20)11-5-4-6-21-11/h4-6,8-9,15H,3,7H2,1-2H3,(H,17,19)(H,18,20). The first kappa shape index (κ1) is 16.2. The molecule has 2 heterocycles. The highest BCUT2D eigenvalue weighted by molar-refractivity contribution is 7.09. The normalized spacial score (nSPS) is 11.9. The fourth-order valence-electron chi connectivity index (χ4n) is 1.68. The van der Waals surface area contributed by atoms with E-state index >= 15 is 0 Å². The predicted molar refractivity (Wildman–Crippen MR) is 82.2 cm³/mol. The van der Waals surface area contributed by atoms with Gasteiger partial charge in [0.25, 0.3) is 5.91 Å². The molecule has 0 bridgehead atoms. The maximum absolute atomic E-state index is 11.7. The molecular weight excluding hydrogens is 304 g/mol. The Bertz CT molecular complexity index is 624. The van der Waals surface area contributed by atoms with Crippen molar-refractivity contribution in [2.75, 3.05) is 6.54 Å². The van der Waals surface area contributed by atoms with Crippen molar-refractivity contribution in [2.24, 2.45) is 0 Å². The summed E-state index contributed by atoms with van der Waals surface area (Å²) in [5.41, 5.74) is 5.50. The fourth-order valence-corrected chi connectivity index (χ4v) is 2.52. The predicted octanol–water partition coefficient (Wildman–Crippen LogP) is 1.41. The molecule has 2 rings (SSSR count). The van der Waals surface area contributed by atoms with Crippen molar-refractivity contribution in [3.63, 3.8) is 0 Å². The third kappa shape index (κ3) is 4.40. The minimum absolute atomic E-state index is 0.0388. The third-order valence-electron chi connectivity index (χ3n) is 2.94. The van der Waals surface area contributed by atoms with Gasteiger partial charge in [0.1, 0.15) is 0 Å². The molecule has 0 aliphatic heterocycles. The molecule has 2 amide bonds. The Hall–Kier alpha value is -2.19. The van der Waals surface area contributed by atoms with Crippen LogP contribution in [0.1, 0.15) is 41.1 Å². The van der Waals surface area contributed by atoms with E-state index in [-0.39, 0.29) is 24.3 Å². The SMILES string of the molecule is CCc1nc(C(C)NCC(=O)NNC(=O)c2ccco2)cs1. The lowest BCUT2D eigenvalue weighted by atomic mass is 10.2. The summed E-state index contributed by atoms with van der Waals surface area (Å²) in [5.74, 6) is -0.715. The average molecular weight is 322 g/mol. The van der Waals surface area contributed by atoms with E-state index in [0.717, 1.165) is 17.1 Å². The molecule has 0 aliphatic rings. The van der Waals surface area contributed by atoms with Crippen LogP contribution in [0.3, 0.4) is 0 Å². The summed E-state index contributed by atoms with van der Waals surface area (Å²) < 4.78 is 4.91. The minimum Gasteiger partial charge on any atom is -0.459 e. The molecule has 1 unspecified atom stereocenters. The molecule has 8 heteroatoms. The number of aryl methyl sites for hydroxylation is 1. The molecule has 3 N–H and O–H groups in total. The first-order valence-electron chi connectivity index (χ1n) is 6.90. The van der Waals surface area contributed by atoms with Crippen molar-refractivity contribution >= 4 is 23.2 Å². The van der Waals surface area contributed by atoms with Crippen LogP contribution in [0.25, 0.3) is 0 Å². The maximum Gasteiger partial charge on any atom is 0.305 e. The van der Waals surface area contributed by atoms with Crippen LogP contribution >= 0.6 is 11.3 Å². The number of rotatable bonds is 6. The monoisotopic (exact) mass is 322 g/mol. The molecule has 2 aromatic heterocycles. The lowest BCUT2D eigenvalue weighted by Crippen LogP contribution is -2.45. The van der Waals surface area contributed by atoms with Gasteiger partial charge in [-0.1, -0.05) is 6.92 Å². The molecule has 2 aromatic rings. The molecule has 0 radical (unpaired) electrons. The lowest BCUT2D eigenvalue weighted by molar-refractivity contribution is -0.121. The molecule has 0 aliphatic carbocycles. The molecule has 22 heavy (non-hydrogen) atoms. The second kappa shape index (κ2) is 7.71. The zero-order chi connectivity index (χ0) is 15.9. The van der Waals surface area contributed by atoms with Crippen LogP contribution in [0, 0.1) is 0 Å². The summed E-state index contributed by atoms with van der Waals surface area (Å²) in [4.78, 5) is 27.7. The first-order chi connectivity index (χ1) is 10.6. The summed E-state index contributed by atoms with van der Waals surface area (Å²) >= 11 is 1.61. The third-order valence-corrected chi connectivity index (χ3v) is 3.96. The zero-order valence-corrected chi connectivity index (χ0v) is 13.2. The van der Waals surface area contributed by atoms with Crippen LogP contribution in [0.15, 0.2) is 28.2 Å². The van der Waals surface area contributed by atoms with Gasteiger partial charge in [0.2, 0.25) is 0 Å². The number of carbonyl (C=O) groups is 2. The molecule has 0 saturated carbocycles. The van der Waals surface area contributed by atoms with E-state index in [9.17, 15) is 9.59 Å². The van der Waals surface area contributed by atoms with Gasteiger partial charge in [-0.05, 0) is 25.5 Å². The molecule has 0 fully saturated rings. The minimum atomic E-state index is -0.501. The number of aromatic nitrogens is 1. The molecule has 7 nitrogen and oxygen atoms in total. The van der Waals surface area contributed by atoms with Crippen LogP contribution in [0.5, 0.6) is 0 Å². The van der Waals surface area contributed by atoms with Gasteiger partial charge in [0, 0.05) is 11.4 Å². The van der Waals surface area contributed by atoms with Crippen molar-refractivity contribution in [2.45, 2.75) is 26.3 Å². The topological polar surface area (TPSA) is 96.3 Å². The van der Waals surface area contributed by atoms with Crippen LogP contribution in [-0.4, -0.2) is 23.3 Å². The first-order valence-corrected chi connectivity index (χ1v) is 7.78. The highest BCUT2D eigenvalue weighted by atomic mass is 32.1. The van der Waals surface area contributed by atoms with Gasteiger partial charge in [0.15, 0.2) is 5.76 Å². The highest BCUT2D eigenvalue weighted by Crippen LogP contribution is 2.16. The Balaban J connectivity index is 1.72. The molecule has 0 spiro atoms. The van der Waals surface area contributed by atoms with E-state index in [1.54, 1.807) is 17.4 Å². The van der Waals surface area contributed by atoms with E-state index in [4.69, 9.17) is 4.42 Å². The second-order valence-corrected chi connectivity index (χ2v) is 5.54. The maximum atomic E-state index is 11.7. The zero-order valence-electron chi connectivity index (χ0n) is 12.4. The molecule has 0 saturated heterocycles. The Kier molecular flexibility index (Phi) is 5.68. The van der Waals surface area contributed by atoms with Gasteiger partial charge in [-0.2, -0.15) is 0 Å². The Labute approximate surface area is 132 Å². The number of furan rings is 1. The van der Waals surface area contributed by atoms with E-state index in [1.807, 2.05) is 12.3 Å². The summed E-state index contributed by atoms with van der Waals surface area (Å²) in [7, 11) is 0. The summed E-state index contributed by atoms with van der Waals surface area (Å²) in [5, 5.41) is 6.10. The molecule has 0 aromatic carbocycles. The number of hydrogen-bond acceptors (Lipinski definition) is 6. The molecular formula is C14H18N4O3S. The van der Waals surface area contributed by atoms with E-state index in [1.165, 1.54) is 12.3 Å². The van der Waals surface area contributed by atoms with Crippen LogP contribution in [-0.2, 0) is 11.2 Å². The molecule has 1 atom stereocenters. The quantitative estimate of drug-likeness (QED) is 0.699. The largest absolute Gasteiger partial charge is 0.459 e. The van der Waals surface area contributed by atoms with E-state index < -0.39 is 5.91 Å². The number of nitrogens with one attached hydrogen (secondary N) is 3. The van der Waals surface area contributed by atoms with Gasteiger partial charge in [0.05, 0.1) is 23.5 Å². The Morgan fingerprint density at radius 3 is 2.86 bits per heavy atom. The Morgan fingerprint density at radius 2 is 2.23 bits per heavy atom. The Morgan fingerprint density at radius 1 is 1.41 bits per heavy atom. The van der Waals surface area contributed by atoms with Crippen LogP contribution in [0.2, 0.25) is 0 Å². The van der Waals surface area contributed by atoms with Crippen molar-refractivity contribution in [3.8, 4) is 0 Å². The van der Waals surface area contributed by atoms with Crippen LogP contribution < -0.4 is 16.2 Å². The average Bonchev–Trinajstić information content (AvgIpc) is 3.20. The van der Waals surface area contributed by atoms with Crippen molar-refractivity contribution in [1.82, 2.24) is 21.2 Å². The van der Waals surface area contributed by atoms with Crippen molar-refractivity contribution in [3.05, 3.63) is 40.2 Å². The summed E-state index contributed by atoms with van der Waals surface area (Å²) in [6.07, 6.45) is 2.29. The van der Waals surface area contributed by atoms with Gasteiger partial charge >= 0.3 is 5.91 Å². The second-order valence-electron chi connectivity index (χ2n) is 4.60. The summed E-state index contributed by atoms with van der Waals surface area (Å²) in [6, 6.07) is 3.07. The van der Waals surface area contributed by atoms with Gasteiger partial charge in [-0.25, -0.2) is 4.98 Å². The lowest BCUT2D eigenvalue weighted by Gasteiger charge is -2.11. The van der Waals surface area contributed by atoms with Crippen LogP contribution in [0.4, 0.5) is 0 Å². The van der Waals surface area contributed by atoms with E-state index in [0.29, 0.717) is 0 Å². The number of hydrogen-bond donors (Lipinski definition) is 3. The van der Waals surface area contributed by atoms with Crippen molar-refractivity contribution < 1.29 is 14.0 Å². The number of nitrogens with zero attached hydrogens (tertiary/aromatic N) is 1. The molecule has 118 valence electrons. The van der Waals surface area contributed by atoms with E-state index in [2.05, 4.69) is 28.1 Å². The van der Waals surface area contributed by atoms with Gasteiger partial charge in [-0.15, -0.1) is 11.3 Å². The smallest absolute Gasteiger partial charge is 0.305 e. The van der Waals surface area contributed by atoms with Gasteiger partial charge in [-0.3, -0.25) is 20.4 Å². The number of amides is 2.